The summed E-state index contributed by atoms with van der Waals surface area (Å²) in [7, 11) is -4.35. The molecule has 3 aromatic rings. The maximum absolute atomic E-state index is 12.1. The first kappa shape index (κ1) is 21.4. The zero-order chi connectivity index (χ0) is 21.7. The van der Waals surface area contributed by atoms with Gasteiger partial charge >= 0.3 is 0 Å². The van der Waals surface area contributed by atoms with E-state index in [4.69, 9.17) is 0 Å². The molecule has 0 saturated heterocycles. The summed E-state index contributed by atoms with van der Waals surface area (Å²) >= 11 is 0. The van der Waals surface area contributed by atoms with Crippen LogP contribution in [0.15, 0.2) is 76.7 Å². The van der Waals surface area contributed by atoms with Gasteiger partial charge in [0.1, 0.15) is 0 Å². The number of benzene rings is 3. The topological polar surface area (TPSA) is 95.8 Å². The number of carbonyl (C=O) groups excluding carboxylic acids is 1. The van der Waals surface area contributed by atoms with Gasteiger partial charge in [-0.05, 0) is 47.7 Å². The van der Waals surface area contributed by atoms with Gasteiger partial charge in [0.25, 0.3) is 10.1 Å². The van der Waals surface area contributed by atoms with Crippen LogP contribution >= 0.6 is 0 Å². The van der Waals surface area contributed by atoms with Crippen LogP contribution in [0.4, 0.5) is 0 Å². The molecule has 3 aromatic carbocycles. The van der Waals surface area contributed by atoms with Gasteiger partial charge in [-0.3, -0.25) is 9.35 Å². The van der Waals surface area contributed by atoms with Crippen molar-refractivity contribution in [3.05, 3.63) is 89.0 Å². The maximum atomic E-state index is 12.1. The van der Waals surface area contributed by atoms with Crippen molar-refractivity contribution in [1.82, 2.24) is 5.43 Å². The molecule has 0 aliphatic heterocycles. The lowest BCUT2D eigenvalue weighted by Gasteiger charge is -2.13. The van der Waals surface area contributed by atoms with E-state index in [2.05, 4.69) is 10.5 Å². The minimum absolute atomic E-state index is 0.125. The van der Waals surface area contributed by atoms with Crippen molar-refractivity contribution in [2.24, 2.45) is 5.10 Å². The molecule has 0 fully saturated rings. The summed E-state index contributed by atoms with van der Waals surface area (Å²) in [6.45, 7) is 3.41. The lowest BCUT2D eigenvalue weighted by atomic mass is 9.95. The average Bonchev–Trinajstić information content (AvgIpc) is 2.70. The van der Waals surface area contributed by atoms with Gasteiger partial charge in [-0.2, -0.15) is 13.5 Å². The number of nitrogens with zero attached hydrogens (tertiary/aromatic N) is 1. The number of amides is 1. The van der Waals surface area contributed by atoms with Crippen LogP contribution in [0, 0.1) is 13.8 Å². The number of hydrogen-bond acceptors (Lipinski definition) is 4. The van der Waals surface area contributed by atoms with Gasteiger partial charge < -0.3 is 0 Å². The van der Waals surface area contributed by atoms with Gasteiger partial charge in [0.05, 0.1) is 17.5 Å². The van der Waals surface area contributed by atoms with E-state index in [1.54, 1.807) is 13.8 Å². The smallest absolute Gasteiger partial charge is 0.282 e. The van der Waals surface area contributed by atoms with Gasteiger partial charge in [0, 0.05) is 5.56 Å². The molecule has 0 aliphatic rings. The third kappa shape index (κ3) is 5.20. The number of nitrogens with one attached hydrogen (secondary N) is 1. The number of carbonyl (C=O) groups is 1. The minimum atomic E-state index is -4.35. The standard InChI is InChI=1S/C23H22N2O4S/c1-16-12-21(17(2)22(13-16)30(27,28)29)20-11-7-6-10-19(20)15-24-25-23(26)14-18-8-4-3-5-9-18/h3-13,15H,14H2,1-2H3,(H,25,26)(H,27,28,29)/b24-15+. The van der Waals surface area contributed by atoms with Crippen molar-refractivity contribution < 1.29 is 17.8 Å². The van der Waals surface area contributed by atoms with E-state index >= 15 is 0 Å². The lowest BCUT2D eigenvalue weighted by molar-refractivity contribution is -0.120. The summed E-state index contributed by atoms with van der Waals surface area (Å²) in [5.41, 5.74) is 6.65. The zero-order valence-corrected chi connectivity index (χ0v) is 17.5. The molecular formula is C23H22N2O4S. The second-order valence-electron chi connectivity index (χ2n) is 6.95. The Balaban J connectivity index is 1.88. The molecule has 3 rings (SSSR count). The van der Waals surface area contributed by atoms with Crippen LogP contribution in [0.5, 0.6) is 0 Å². The average molecular weight is 423 g/mol. The first-order chi connectivity index (χ1) is 14.3. The Morgan fingerprint density at radius 1 is 1.00 bits per heavy atom. The summed E-state index contributed by atoms with van der Waals surface area (Å²) < 4.78 is 33.1. The molecule has 6 nitrogen and oxygen atoms in total. The van der Waals surface area contributed by atoms with E-state index in [1.807, 2.05) is 60.7 Å². The highest BCUT2D eigenvalue weighted by atomic mass is 32.2. The van der Waals surface area contributed by atoms with Crippen LogP contribution in [0.3, 0.4) is 0 Å². The quantitative estimate of drug-likeness (QED) is 0.358. The Hall–Kier alpha value is -3.29. The molecule has 0 aromatic heterocycles. The van der Waals surface area contributed by atoms with Crippen molar-refractivity contribution in [1.29, 1.82) is 0 Å². The van der Waals surface area contributed by atoms with Crippen molar-refractivity contribution in [3.8, 4) is 11.1 Å². The van der Waals surface area contributed by atoms with E-state index in [0.717, 1.165) is 11.1 Å². The summed E-state index contributed by atoms with van der Waals surface area (Å²) in [5, 5.41) is 4.05. The van der Waals surface area contributed by atoms with E-state index < -0.39 is 10.1 Å². The summed E-state index contributed by atoms with van der Waals surface area (Å²) in [6, 6.07) is 20.0. The Morgan fingerprint density at radius 3 is 2.37 bits per heavy atom. The van der Waals surface area contributed by atoms with E-state index in [-0.39, 0.29) is 17.2 Å². The van der Waals surface area contributed by atoms with Gasteiger partial charge in [-0.15, -0.1) is 0 Å². The molecule has 0 spiro atoms. The van der Waals surface area contributed by atoms with Crippen molar-refractivity contribution in [3.63, 3.8) is 0 Å². The third-order valence-electron chi connectivity index (χ3n) is 4.63. The largest absolute Gasteiger partial charge is 0.294 e. The Labute approximate surface area is 176 Å². The molecule has 7 heteroatoms. The Bertz CT molecular complexity index is 1200. The van der Waals surface area contributed by atoms with Crippen molar-refractivity contribution in [2.75, 3.05) is 0 Å². The molecule has 1 amide bonds. The molecule has 154 valence electrons. The van der Waals surface area contributed by atoms with Crippen LogP contribution in [-0.4, -0.2) is 25.1 Å². The lowest BCUT2D eigenvalue weighted by Crippen LogP contribution is -2.19. The molecular weight excluding hydrogens is 400 g/mol. The predicted molar refractivity (Wildman–Crippen MR) is 117 cm³/mol. The highest BCUT2D eigenvalue weighted by Crippen LogP contribution is 2.31. The molecule has 0 heterocycles. The van der Waals surface area contributed by atoms with Crippen molar-refractivity contribution >= 4 is 22.2 Å². The second kappa shape index (κ2) is 9.02. The highest BCUT2D eigenvalue weighted by Gasteiger charge is 2.18. The second-order valence-corrected chi connectivity index (χ2v) is 8.34. The number of rotatable bonds is 6. The summed E-state index contributed by atoms with van der Waals surface area (Å²) in [5.74, 6) is -0.240. The first-order valence-electron chi connectivity index (χ1n) is 9.29. The van der Waals surface area contributed by atoms with Crippen LogP contribution in [0.25, 0.3) is 11.1 Å². The van der Waals surface area contributed by atoms with E-state index in [1.165, 1.54) is 12.3 Å². The van der Waals surface area contributed by atoms with Gasteiger partial charge in [-0.25, -0.2) is 5.43 Å². The first-order valence-corrected chi connectivity index (χ1v) is 10.7. The van der Waals surface area contributed by atoms with Crippen LogP contribution in [0.1, 0.15) is 22.3 Å². The van der Waals surface area contributed by atoms with Crippen LogP contribution < -0.4 is 5.43 Å². The fourth-order valence-electron chi connectivity index (χ4n) is 3.22. The Morgan fingerprint density at radius 2 is 1.67 bits per heavy atom. The maximum Gasteiger partial charge on any atom is 0.294 e. The minimum Gasteiger partial charge on any atom is -0.282 e. The van der Waals surface area contributed by atoms with Gasteiger partial charge in [-0.1, -0.05) is 60.7 Å². The molecule has 0 bridgehead atoms. The molecule has 0 atom stereocenters. The summed E-state index contributed by atoms with van der Waals surface area (Å²) in [4.78, 5) is 12.0. The summed E-state index contributed by atoms with van der Waals surface area (Å²) in [6.07, 6.45) is 1.74. The number of hydrazone groups is 1. The van der Waals surface area contributed by atoms with Gasteiger partial charge in [0.15, 0.2) is 0 Å². The normalized spacial score (nSPS) is 11.6. The zero-order valence-electron chi connectivity index (χ0n) is 16.7. The van der Waals surface area contributed by atoms with Crippen LogP contribution in [0.2, 0.25) is 0 Å². The van der Waals surface area contributed by atoms with Crippen LogP contribution in [-0.2, 0) is 21.3 Å². The SMILES string of the molecule is Cc1cc(-c2ccccc2/C=N/NC(=O)Cc2ccccc2)c(C)c(S(=O)(=O)O)c1. The fraction of sp³-hybridized carbons (Fsp3) is 0.130. The molecule has 0 saturated carbocycles. The third-order valence-corrected chi connectivity index (χ3v) is 5.61. The van der Waals surface area contributed by atoms with E-state index in [9.17, 15) is 17.8 Å². The molecule has 0 radical (unpaired) electrons. The fourth-order valence-corrected chi connectivity index (χ4v) is 4.05. The van der Waals surface area contributed by atoms with E-state index in [0.29, 0.717) is 22.3 Å². The molecule has 30 heavy (non-hydrogen) atoms. The molecule has 2 N–H and O–H groups in total. The van der Waals surface area contributed by atoms with Gasteiger partial charge in [0.2, 0.25) is 5.91 Å². The molecule has 0 aliphatic carbocycles. The molecule has 0 unspecified atom stereocenters. The number of hydrogen-bond donors (Lipinski definition) is 2. The monoisotopic (exact) mass is 422 g/mol. The van der Waals surface area contributed by atoms with Crippen molar-refractivity contribution in [2.45, 2.75) is 25.2 Å². The highest BCUT2D eigenvalue weighted by molar-refractivity contribution is 7.85. The predicted octanol–water partition coefficient (Wildman–Crippen LogP) is 3.91. The number of aryl methyl sites for hydroxylation is 1. The Kier molecular flexibility index (Phi) is 6.44.